The van der Waals surface area contributed by atoms with Crippen LogP contribution in [0.4, 0.5) is 0 Å². The molecule has 0 aliphatic carbocycles. The molecule has 11 heavy (non-hydrogen) atoms. The van der Waals surface area contributed by atoms with Gasteiger partial charge in [0, 0.05) is 9.13 Å². The molecule has 0 fully saturated rings. The Balaban J connectivity index is 2.79. The van der Waals surface area contributed by atoms with Gasteiger partial charge in [0.05, 0.1) is 0 Å². The van der Waals surface area contributed by atoms with Crippen LogP contribution < -0.4 is 5.19 Å². The molecule has 0 atom stereocenters. The summed E-state index contributed by atoms with van der Waals surface area (Å²) < 4.78 is 0. The first-order valence-electron chi connectivity index (χ1n) is 4.05. The van der Waals surface area contributed by atoms with Crippen molar-refractivity contribution >= 4 is 19.5 Å². The second-order valence-corrected chi connectivity index (χ2v) is 4.70. The van der Waals surface area contributed by atoms with Crippen LogP contribution in [-0.4, -0.2) is 14.3 Å². The van der Waals surface area contributed by atoms with Crippen LogP contribution in [0.5, 0.6) is 0 Å². The molecular weight excluding hydrogens is 148 g/mol. The van der Waals surface area contributed by atoms with Crippen molar-refractivity contribution in [2.24, 2.45) is 0 Å². The molecule has 1 aromatic carbocycles. The summed E-state index contributed by atoms with van der Waals surface area (Å²) in [7, 11) is 0.412. The zero-order valence-corrected chi connectivity index (χ0v) is 8.33. The average molecular weight is 162 g/mol. The van der Waals surface area contributed by atoms with E-state index < -0.39 is 0 Å². The Labute approximate surface area is 70.7 Å². The molecule has 0 heterocycles. The second kappa shape index (κ2) is 4.24. The van der Waals surface area contributed by atoms with Gasteiger partial charge in [0.15, 0.2) is 0 Å². The topological polar surface area (TPSA) is 0 Å². The van der Waals surface area contributed by atoms with Crippen molar-refractivity contribution in [3.63, 3.8) is 0 Å². The summed E-state index contributed by atoms with van der Waals surface area (Å²) in [6.45, 7) is 4.48. The first-order chi connectivity index (χ1) is 5.33. The molecule has 0 nitrogen and oxygen atoms in total. The van der Waals surface area contributed by atoms with Crippen molar-refractivity contribution in [2.75, 3.05) is 0 Å². The molecule has 58 valence electrons. The minimum Gasteiger partial charge on any atom is -0.0910 e. The Morgan fingerprint density at radius 1 is 1.27 bits per heavy atom. The van der Waals surface area contributed by atoms with Crippen LogP contribution in [0.1, 0.15) is 20.3 Å². The van der Waals surface area contributed by atoms with Crippen LogP contribution in [0.25, 0.3) is 0 Å². The summed E-state index contributed by atoms with van der Waals surface area (Å²) in [5.74, 6) is 0. The molecule has 1 heteroatoms. The van der Waals surface area contributed by atoms with E-state index in [0.717, 1.165) is 0 Å². The lowest BCUT2D eigenvalue weighted by Gasteiger charge is -1.94. The zero-order valence-electron chi connectivity index (χ0n) is 7.17. The van der Waals surface area contributed by atoms with E-state index in [0.29, 0.717) is 9.13 Å². The smallest absolute Gasteiger partial charge is 0.0282 e. The first kappa shape index (κ1) is 8.40. The molecular formula is C10H14Si. The highest BCUT2D eigenvalue weighted by molar-refractivity contribution is 6.65. The summed E-state index contributed by atoms with van der Waals surface area (Å²) in [6.07, 6.45) is 1.23. The molecule has 0 spiro atoms. The normalized spacial score (nSPS) is 11.6. The van der Waals surface area contributed by atoms with Crippen LogP contribution in [-0.2, 0) is 0 Å². The number of hydrogen-bond acceptors (Lipinski definition) is 0. The Bertz CT molecular complexity index is 236. The lowest BCUT2D eigenvalue weighted by Crippen LogP contribution is -2.12. The van der Waals surface area contributed by atoms with Crippen molar-refractivity contribution < 1.29 is 0 Å². The Morgan fingerprint density at radius 3 is 2.45 bits per heavy atom. The largest absolute Gasteiger partial charge is 0.0910 e. The summed E-state index contributed by atoms with van der Waals surface area (Å²) in [5.41, 5.74) is 0. The fraction of sp³-hybridized carbons (Fsp3) is 0.300. The first-order valence-corrected chi connectivity index (χ1v) is 5.20. The summed E-state index contributed by atoms with van der Waals surface area (Å²) in [5, 5.41) is 3.14. The van der Waals surface area contributed by atoms with Gasteiger partial charge in [-0.25, -0.2) is 0 Å². The van der Waals surface area contributed by atoms with Gasteiger partial charge in [-0.15, -0.1) is 0 Å². The average Bonchev–Trinajstić information content (AvgIpc) is 2.06. The maximum atomic E-state index is 2.25. The molecule has 0 aliphatic heterocycles. The molecule has 0 saturated carbocycles. The third kappa shape index (κ3) is 2.81. The fourth-order valence-electron chi connectivity index (χ4n) is 0.936. The monoisotopic (exact) mass is 162 g/mol. The van der Waals surface area contributed by atoms with E-state index in [9.17, 15) is 0 Å². The van der Waals surface area contributed by atoms with Gasteiger partial charge < -0.3 is 0 Å². The minimum atomic E-state index is 0.412. The van der Waals surface area contributed by atoms with E-state index >= 15 is 0 Å². The Morgan fingerprint density at radius 2 is 1.91 bits per heavy atom. The third-order valence-corrected chi connectivity index (χ3v) is 3.39. The molecule has 0 aromatic heterocycles. The van der Waals surface area contributed by atoms with Crippen LogP contribution in [0.15, 0.2) is 30.3 Å². The van der Waals surface area contributed by atoms with Gasteiger partial charge in [0.25, 0.3) is 0 Å². The third-order valence-electron chi connectivity index (χ3n) is 1.77. The van der Waals surface area contributed by atoms with Crippen molar-refractivity contribution in [1.29, 1.82) is 0 Å². The minimum absolute atomic E-state index is 0.412. The highest BCUT2D eigenvalue weighted by Crippen LogP contribution is 1.81. The standard InChI is InChI=1S/C10H14Si/c1-3-9(2)11-10-7-5-4-6-8-10/h4-8,11H,3H2,1-2H3. The Hall–Kier alpha value is -0.693. The van der Waals surface area contributed by atoms with Crippen LogP contribution >= 0.6 is 0 Å². The molecule has 0 radical (unpaired) electrons. The summed E-state index contributed by atoms with van der Waals surface area (Å²) >= 11 is 0. The number of benzene rings is 1. The second-order valence-electron chi connectivity index (χ2n) is 2.75. The predicted molar refractivity (Wildman–Crippen MR) is 54.2 cm³/mol. The predicted octanol–water partition coefficient (Wildman–Crippen LogP) is 1.35. The van der Waals surface area contributed by atoms with E-state index in [-0.39, 0.29) is 0 Å². The number of rotatable bonds is 2. The van der Waals surface area contributed by atoms with Gasteiger partial charge in [0.1, 0.15) is 0 Å². The van der Waals surface area contributed by atoms with Gasteiger partial charge in [-0.2, -0.15) is 0 Å². The van der Waals surface area contributed by atoms with Crippen LogP contribution in [0.2, 0.25) is 0 Å². The maximum Gasteiger partial charge on any atom is 0.0282 e. The van der Waals surface area contributed by atoms with E-state index in [4.69, 9.17) is 0 Å². The van der Waals surface area contributed by atoms with Gasteiger partial charge in [-0.1, -0.05) is 42.4 Å². The maximum absolute atomic E-state index is 2.25. The summed E-state index contributed by atoms with van der Waals surface area (Å²) in [4.78, 5) is 0. The lowest BCUT2D eigenvalue weighted by molar-refractivity contribution is 1.30. The Kier molecular flexibility index (Phi) is 3.24. The van der Waals surface area contributed by atoms with Gasteiger partial charge in [0.2, 0.25) is 0 Å². The number of hydrogen-bond donors (Lipinski definition) is 0. The van der Waals surface area contributed by atoms with E-state index in [1.807, 2.05) is 0 Å². The molecule has 1 rings (SSSR count). The SMILES string of the molecule is CCC(C)=[SiH]c1ccccc1. The summed E-state index contributed by atoms with van der Waals surface area (Å²) in [6, 6.07) is 10.7. The van der Waals surface area contributed by atoms with E-state index in [1.165, 1.54) is 11.6 Å². The van der Waals surface area contributed by atoms with Gasteiger partial charge >= 0.3 is 0 Å². The van der Waals surface area contributed by atoms with Crippen LogP contribution in [0, 0.1) is 0 Å². The molecule has 0 aliphatic rings. The van der Waals surface area contributed by atoms with E-state index in [1.54, 1.807) is 5.17 Å². The molecule has 1 aromatic rings. The van der Waals surface area contributed by atoms with Gasteiger partial charge in [-0.3, -0.25) is 0 Å². The zero-order chi connectivity index (χ0) is 8.10. The molecule has 0 amide bonds. The molecule has 0 bridgehead atoms. The van der Waals surface area contributed by atoms with Crippen molar-refractivity contribution in [3.05, 3.63) is 30.3 Å². The highest BCUT2D eigenvalue weighted by Gasteiger charge is 1.86. The molecule has 0 N–H and O–H groups in total. The van der Waals surface area contributed by atoms with Crippen molar-refractivity contribution in [1.82, 2.24) is 0 Å². The van der Waals surface area contributed by atoms with Gasteiger partial charge in [-0.05, 0) is 18.5 Å². The van der Waals surface area contributed by atoms with Crippen molar-refractivity contribution in [2.45, 2.75) is 20.3 Å². The van der Waals surface area contributed by atoms with Crippen molar-refractivity contribution in [3.8, 4) is 0 Å². The molecule has 0 unspecified atom stereocenters. The lowest BCUT2D eigenvalue weighted by atomic mass is 10.4. The fourth-order valence-corrected chi connectivity index (χ4v) is 2.12. The van der Waals surface area contributed by atoms with E-state index in [2.05, 4.69) is 44.2 Å². The quantitative estimate of drug-likeness (QED) is 0.576. The highest BCUT2D eigenvalue weighted by atomic mass is 28.2. The molecule has 0 saturated heterocycles. The van der Waals surface area contributed by atoms with Crippen LogP contribution in [0.3, 0.4) is 0 Å².